The summed E-state index contributed by atoms with van der Waals surface area (Å²) in [5.41, 5.74) is 2.31. The monoisotopic (exact) mass is 304 g/mol. The standard InChI is InChI=1S/C16H20N2O2S/c1-13-4-2-3-5-14(13)6-7-15-12-17-16(21(15)19)18-8-10-20-11-9-18/h2-5,7,12,16H,6,8-11H2,1H3. The van der Waals surface area contributed by atoms with E-state index in [1.807, 2.05) is 18.2 Å². The predicted molar refractivity (Wildman–Crippen MR) is 85.8 cm³/mol. The summed E-state index contributed by atoms with van der Waals surface area (Å²) in [5, 5.41) is 0. The number of morpholine rings is 1. The van der Waals surface area contributed by atoms with Gasteiger partial charge in [-0.05, 0) is 24.5 Å². The molecule has 2 aliphatic rings. The summed E-state index contributed by atoms with van der Waals surface area (Å²) in [6, 6.07) is 8.29. The third-order valence-corrected chi connectivity index (χ3v) is 5.44. The van der Waals surface area contributed by atoms with Gasteiger partial charge in [-0.25, -0.2) is 0 Å². The van der Waals surface area contributed by atoms with Crippen molar-refractivity contribution in [2.75, 3.05) is 26.3 Å². The van der Waals surface area contributed by atoms with Crippen molar-refractivity contribution in [1.82, 2.24) is 4.90 Å². The van der Waals surface area contributed by atoms with Gasteiger partial charge < -0.3 is 4.74 Å². The van der Waals surface area contributed by atoms with Crippen molar-refractivity contribution >= 4 is 17.0 Å². The Morgan fingerprint density at radius 2 is 2.14 bits per heavy atom. The van der Waals surface area contributed by atoms with Crippen LogP contribution < -0.4 is 0 Å². The van der Waals surface area contributed by atoms with Gasteiger partial charge >= 0.3 is 0 Å². The third kappa shape index (κ3) is 3.31. The number of aliphatic imine (C=N–C) groups is 1. The Morgan fingerprint density at radius 3 is 2.90 bits per heavy atom. The fourth-order valence-corrected chi connectivity index (χ4v) is 3.89. The molecular weight excluding hydrogens is 284 g/mol. The first-order valence-electron chi connectivity index (χ1n) is 7.26. The fourth-order valence-electron chi connectivity index (χ4n) is 2.58. The number of allylic oxidation sites excluding steroid dienone is 2. The predicted octanol–water partition coefficient (Wildman–Crippen LogP) is 1.87. The zero-order valence-electron chi connectivity index (χ0n) is 12.2. The first-order valence-corrected chi connectivity index (χ1v) is 8.47. The van der Waals surface area contributed by atoms with Crippen LogP contribution in [0.2, 0.25) is 0 Å². The number of ether oxygens (including phenoxy) is 1. The lowest BCUT2D eigenvalue weighted by Crippen LogP contribution is -2.43. The number of rotatable bonds is 3. The van der Waals surface area contributed by atoms with E-state index in [1.54, 1.807) is 6.21 Å². The highest BCUT2D eigenvalue weighted by Gasteiger charge is 2.30. The molecule has 0 aliphatic carbocycles. The van der Waals surface area contributed by atoms with Crippen molar-refractivity contribution in [3.63, 3.8) is 0 Å². The van der Waals surface area contributed by atoms with E-state index in [0.717, 1.165) is 24.4 Å². The molecule has 2 unspecified atom stereocenters. The summed E-state index contributed by atoms with van der Waals surface area (Å²) >= 11 is 0. The maximum Gasteiger partial charge on any atom is 0.183 e. The van der Waals surface area contributed by atoms with Crippen LogP contribution in [0.3, 0.4) is 0 Å². The average molecular weight is 304 g/mol. The molecule has 112 valence electrons. The second-order valence-electron chi connectivity index (χ2n) is 5.29. The lowest BCUT2D eigenvalue weighted by molar-refractivity contribution is 0.0335. The van der Waals surface area contributed by atoms with Crippen LogP contribution in [-0.2, 0) is 22.0 Å². The minimum atomic E-state index is -1.07. The summed E-state index contributed by atoms with van der Waals surface area (Å²) in [6.07, 6.45) is 4.62. The highest BCUT2D eigenvalue weighted by Crippen LogP contribution is 2.21. The van der Waals surface area contributed by atoms with Gasteiger partial charge in [0.25, 0.3) is 0 Å². The number of hydrogen-bond donors (Lipinski definition) is 0. The van der Waals surface area contributed by atoms with Gasteiger partial charge in [0, 0.05) is 19.3 Å². The van der Waals surface area contributed by atoms with Gasteiger partial charge in [-0.15, -0.1) is 0 Å². The van der Waals surface area contributed by atoms with Crippen LogP contribution in [0.15, 0.2) is 40.2 Å². The van der Waals surface area contributed by atoms with Crippen molar-refractivity contribution < 1.29 is 8.95 Å². The molecular formula is C16H20N2O2S. The van der Waals surface area contributed by atoms with Gasteiger partial charge in [0.1, 0.15) is 0 Å². The first-order chi connectivity index (χ1) is 10.3. The van der Waals surface area contributed by atoms with Gasteiger partial charge in [-0.3, -0.25) is 14.1 Å². The highest BCUT2D eigenvalue weighted by atomic mass is 32.2. The van der Waals surface area contributed by atoms with Crippen molar-refractivity contribution in [3.8, 4) is 0 Å². The lowest BCUT2D eigenvalue weighted by atomic mass is 10.1. The van der Waals surface area contributed by atoms with Gasteiger partial charge in [0.2, 0.25) is 0 Å². The van der Waals surface area contributed by atoms with E-state index < -0.39 is 10.8 Å². The molecule has 0 radical (unpaired) electrons. The smallest absolute Gasteiger partial charge is 0.183 e. The molecule has 2 heterocycles. The maximum absolute atomic E-state index is 12.5. The van der Waals surface area contributed by atoms with Crippen LogP contribution in [-0.4, -0.2) is 47.1 Å². The van der Waals surface area contributed by atoms with Crippen molar-refractivity contribution in [2.24, 2.45) is 4.99 Å². The summed E-state index contributed by atoms with van der Waals surface area (Å²) in [7, 11) is -1.07. The third-order valence-electron chi connectivity index (χ3n) is 3.90. The van der Waals surface area contributed by atoms with E-state index in [-0.39, 0.29) is 5.50 Å². The highest BCUT2D eigenvalue weighted by molar-refractivity contribution is 7.90. The van der Waals surface area contributed by atoms with Gasteiger partial charge in [-0.1, -0.05) is 30.3 Å². The molecule has 0 amide bonds. The Balaban J connectivity index is 1.67. The molecule has 1 saturated heterocycles. The molecule has 1 fully saturated rings. The molecule has 3 rings (SSSR count). The fraction of sp³-hybridized carbons (Fsp3) is 0.438. The number of nitrogens with zero attached hydrogens (tertiary/aromatic N) is 2. The summed E-state index contributed by atoms with van der Waals surface area (Å²) in [5.74, 6) is 0. The van der Waals surface area contributed by atoms with Crippen LogP contribution in [0.25, 0.3) is 0 Å². The van der Waals surface area contributed by atoms with Crippen molar-refractivity contribution in [2.45, 2.75) is 18.8 Å². The van der Waals surface area contributed by atoms with Crippen LogP contribution >= 0.6 is 0 Å². The quantitative estimate of drug-likeness (QED) is 0.856. The molecule has 4 nitrogen and oxygen atoms in total. The van der Waals surface area contributed by atoms with E-state index >= 15 is 0 Å². The van der Waals surface area contributed by atoms with Crippen molar-refractivity contribution in [1.29, 1.82) is 0 Å². The zero-order chi connectivity index (χ0) is 14.7. The molecule has 2 atom stereocenters. The molecule has 0 N–H and O–H groups in total. The van der Waals surface area contributed by atoms with Gasteiger partial charge in [0.05, 0.1) is 28.9 Å². The van der Waals surface area contributed by atoms with E-state index in [2.05, 4.69) is 28.9 Å². The van der Waals surface area contributed by atoms with Crippen molar-refractivity contribution in [3.05, 3.63) is 46.4 Å². The summed E-state index contributed by atoms with van der Waals surface area (Å²) in [4.78, 5) is 7.42. The van der Waals surface area contributed by atoms with Crippen LogP contribution in [0, 0.1) is 6.92 Å². The zero-order valence-corrected chi connectivity index (χ0v) is 13.0. The number of aryl methyl sites for hydroxylation is 1. The molecule has 1 aromatic rings. The maximum atomic E-state index is 12.5. The Morgan fingerprint density at radius 1 is 1.38 bits per heavy atom. The van der Waals surface area contributed by atoms with Crippen LogP contribution in [0.4, 0.5) is 0 Å². The minimum absolute atomic E-state index is 0.225. The normalized spacial score (nSPS) is 28.3. The largest absolute Gasteiger partial charge is 0.379 e. The minimum Gasteiger partial charge on any atom is -0.379 e. The Hall–Kier alpha value is -1.30. The molecule has 1 aromatic carbocycles. The molecule has 5 heteroatoms. The molecule has 0 saturated carbocycles. The molecule has 0 spiro atoms. The van der Waals surface area contributed by atoms with Gasteiger partial charge in [-0.2, -0.15) is 0 Å². The summed E-state index contributed by atoms with van der Waals surface area (Å²) < 4.78 is 17.9. The van der Waals surface area contributed by atoms with Crippen LogP contribution in [0.5, 0.6) is 0 Å². The average Bonchev–Trinajstić information content (AvgIpc) is 2.88. The molecule has 0 aromatic heterocycles. The SMILES string of the molecule is Cc1ccccc1CC=C1C=NC(N2CCOCC2)S1=O. The Labute approximate surface area is 128 Å². The first kappa shape index (κ1) is 14.6. The number of benzene rings is 1. The number of hydrogen-bond acceptors (Lipinski definition) is 4. The topological polar surface area (TPSA) is 41.9 Å². The Kier molecular flexibility index (Phi) is 4.63. The molecule has 0 bridgehead atoms. The van der Waals surface area contributed by atoms with E-state index in [0.29, 0.717) is 13.2 Å². The second-order valence-corrected chi connectivity index (χ2v) is 6.78. The lowest BCUT2D eigenvalue weighted by Gasteiger charge is -2.29. The summed E-state index contributed by atoms with van der Waals surface area (Å²) in [6.45, 7) is 5.11. The Bertz CT molecular complexity index is 592. The van der Waals surface area contributed by atoms with E-state index in [9.17, 15) is 4.21 Å². The molecule has 21 heavy (non-hydrogen) atoms. The molecule has 2 aliphatic heterocycles. The van der Waals surface area contributed by atoms with E-state index in [1.165, 1.54) is 11.1 Å². The van der Waals surface area contributed by atoms with E-state index in [4.69, 9.17) is 4.74 Å². The van der Waals surface area contributed by atoms with Gasteiger partial charge in [0.15, 0.2) is 5.50 Å². The van der Waals surface area contributed by atoms with Crippen LogP contribution in [0.1, 0.15) is 11.1 Å². The second kappa shape index (κ2) is 6.64.